The van der Waals surface area contributed by atoms with E-state index in [1.54, 1.807) is 0 Å². The number of nitrogens with zero attached hydrogens (tertiary/aromatic N) is 4. The number of hydrogen-bond donors (Lipinski definition) is 2. The summed E-state index contributed by atoms with van der Waals surface area (Å²) in [5.41, 5.74) is 6.02. The monoisotopic (exact) mass is 412 g/mol. The van der Waals surface area contributed by atoms with Crippen LogP contribution in [0.3, 0.4) is 0 Å². The molecule has 0 spiro atoms. The van der Waals surface area contributed by atoms with Gasteiger partial charge >= 0.3 is 0 Å². The zero-order chi connectivity index (χ0) is 21.5. The predicted octanol–water partition coefficient (Wildman–Crippen LogP) is 2.47. The molecule has 1 saturated heterocycles. The van der Waals surface area contributed by atoms with Crippen LogP contribution in [0, 0.1) is 20.8 Å². The van der Waals surface area contributed by atoms with E-state index in [0.717, 1.165) is 56.7 Å². The number of ether oxygens (including phenoxy) is 1. The number of hydrogen-bond acceptors (Lipinski definition) is 4. The van der Waals surface area contributed by atoms with Crippen LogP contribution < -0.4 is 10.6 Å². The van der Waals surface area contributed by atoms with E-state index < -0.39 is 0 Å². The standard InChI is InChI=1S/C23H36N6O/c1-6-24-23(25-15-21-18(3)27-28(5)19(21)4)26-16-22(29-10-12-30-13-11-29)20-9-7-8-17(2)14-20/h7-9,14,22H,6,10-13,15-16H2,1-5H3,(H2,24,25,26). The van der Waals surface area contributed by atoms with E-state index in [1.165, 1.54) is 16.7 Å². The van der Waals surface area contributed by atoms with Crippen molar-refractivity contribution in [2.24, 2.45) is 12.0 Å². The Morgan fingerprint density at radius 1 is 1.20 bits per heavy atom. The maximum Gasteiger partial charge on any atom is 0.191 e. The van der Waals surface area contributed by atoms with Crippen molar-refractivity contribution >= 4 is 5.96 Å². The Hall–Kier alpha value is -2.38. The number of nitrogens with one attached hydrogen (secondary N) is 2. The fourth-order valence-electron chi connectivity index (χ4n) is 3.96. The summed E-state index contributed by atoms with van der Waals surface area (Å²) in [5, 5.41) is 11.5. The van der Waals surface area contributed by atoms with Crippen molar-refractivity contribution in [2.75, 3.05) is 39.4 Å². The van der Waals surface area contributed by atoms with E-state index in [1.807, 2.05) is 18.7 Å². The number of rotatable bonds is 7. The van der Waals surface area contributed by atoms with Gasteiger partial charge in [0.05, 0.1) is 31.5 Å². The number of aliphatic imine (C=N–C) groups is 1. The van der Waals surface area contributed by atoms with Gasteiger partial charge in [-0.3, -0.25) is 9.58 Å². The van der Waals surface area contributed by atoms with Gasteiger partial charge in [-0.1, -0.05) is 29.8 Å². The summed E-state index contributed by atoms with van der Waals surface area (Å²) < 4.78 is 7.50. The van der Waals surface area contributed by atoms with Gasteiger partial charge in [0.25, 0.3) is 0 Å². The average molecular weight is 413 g/mol. The molecule has 1 aromatic carbocycles. The molecule has 1 aliphatic rings. The van der Waals surface area contributed by atoms with Crippen LogP contribution in [-0.4, -0.2) is 60.0 Å². The van der Waals surface area contributed by atoms with E-state index in [2.05, 4.69) is 65.7 Å². The van der Waals surface area contributed by atoms with Crippen LogP contribution in [0.4, 0.5) is 0 Å². The minimum absolute atomic E-state index is 0.277. The molecule has 1 aliphatic heterocycles. The van der Waals surface area contributed by atoms with Gasteiger partial charge in [-0.25, -0.2) is 4.99 Å². The number of aryl methyl sites for hydroxylation is 3. The van der Waals surface area contributed by atoms with Gasteiger partial charge in [-0.05, 0) is 33.3 Å². The number of morpholine rings is 1. The molecule has 0 bridgehead atoms. The number of guanidine groups is 1. The highest BCUT2D eigenvalue weighted by molar-refractivity contribution is 5.79. The lowest BCUT2D eigenvalue weighted by atomic mass is 10.0. The Labute approximate surface area is 180 Å². The second-order valence-corrected chi connectivity index (χ2v) is 7.93. The summed E-state index contributed by atoms with van der Waals surface area (Å²) in [5.74, 6) is 0.839. The van der Waals surface area contributed by atoms with Crippen LogP contribution in [-0.2, 0) is 18.3 Å². The van der Waals surface area contributed by atoms with Gasteiger partial charge < -0.3 is 15.4 Å². The highest BCUT2D eigenvalue weighted by Crippen LogP contribution is 2.22. The quantitative estimate of drug-likeness (QED) is 0.540. The molecule has 2 N–H and O–H groups in total. The predicted molar refractivity (Wildman–Crippen MR) is 122 cm³/mol. The Morgan fingerprint density at radius 2 is 1.97 bits per heavy atom. The lowest BCUT2D eigenvalue weighted by Gasteiger charge is -2.35. The lowest BCUT2D eigenvalue weighted by Crippen LogP contribution is -2.46. The molecule has 1 fully saturated rings. The van der Waals surface area contributed by atoms with Crippen LogP contribution in [0.1, 0.15) is 41.0 Å². The maximum atomic E-state index is 5.58. The van der Waals surface area contributed by atoms with Crippen molar-refractivity contribution in [1.82, 2.24) is 25.3 Å². The van der Waals surface area contributed by atoms with Crippen LogP contribution in [0.2, 0.25) is 0 Å². The maximum absolute atomic E-state index is 5.58. The average Bonchev–Trinajstić information content (AvgIpc) is 2.98. The SMILES string of the molecule is CCNC(=NCc1c(C)nn(C)c1C)NCC(c1cccc(C)c1)N1CCOCC1. The summed E-state index contributed by atoms with van der Waals surface area (Å²) in [7, 11) is 1.98. The van der Waals surface area contributed by atoms with Gasteiger partial charge in [-0.15, -0.1) is 0 Å². The summed E-state index contributed by atoms with van der Waals surface area (Å²) >= 11 is 0. The van der Waals surface area contributed by atoms with Crippen molar-refractivity contribution in [2.45, 2.75) is 40.3 Å². The van der Waals surface area contributed by atoms with Crippen molar-refractivity contribution in [3.63, 3.8) is 0 Å². The van der Waals surface area contributed by atoms with E-state index in [4.69, 9.17) is 9.73 Å². The summed E-state index contributed by atoms with van der Waals surface area (Å²) in [4.78, 5) is 7.35. The van der Waals surface area contributed by atoms with E-state index in [-0.39, 0.29) is 6.04 Å². The highest BCUT2D eigenvalue weighted by atomic mass is 16.5. The fourth-order valence-corrected chi connectivity index (χ4v) is 3.96. The lowest BCUT2D eigenvalue weighted by molar-refractivity contribution is 0.0170. The molecule has 0 radical (unpaired) electrons. The molecule has 30 heavy (non-hydrogen) atoms. The first-order valence-corrected chi connectivity index (χ1v) is 10.9. The Kier molecular flexibility index (Phi) is 7.87. The van der Waals surface area contributed by atoms with Gasteiger partial charge in [-0.2, -0.15) is 5.10 Å². The third kappa shape index (κ3) is 5.61. The van der Waals surface area contributed by atoms with E-state index in [0.29, 0.717) is 6.54 Å². The molecule has 2 heterocycles. The Morgan fingerprint density at radius 3 is 2.60 bits per heavy atom. The smallest absolute Gasteiger partial charge is 0.191 e. The van der Waals surface area contributed by atoms with Gasteiger partial charge in [0, 0.05) is 44.5 Å². The molecule has 0 aliphatic carbocycles. The summed E-state index contributed by atoms with van der Waals surface area (Å²) in [6, 6.07) is 9.08. The zero-order valence-corrected chi connectivity index (χ0v) is 19.0. The second-order valence-electron chi connectivity index (χ2n) is 7.93. The molecular weight excluding hydrogens is 376 g/mol. The highest BCUT2D eigenvalue weighted by Gasteiger charge is 2.23. The van der Waals surface area contributed by atoms with Crippen LogP contribution >= 0.6 is 0 Å². The third-order valence-corrected chi connectivity index (χ3v) is 5.77. The zero-order valence-electron chi connectivity index (χ0n) is 19.0. The Balaban J connectivity index is 1.75. The largest absolute Gasteiger partial charge is 0.379 e. The number of aromatic nitrogens is 2. The molecule has 7 heteroatoms. The second kappa shape index (κ2) is 10.6. The van der Waals surface area contributed by atoms with Crippen molar-refractivity contribution in [1.29, 1.82) is 0 Å². The molecular formula is C23H36N6O. The van der Waals surface area contributed by atoms with Gasteiger partial charge in [0.1, 0.15) is 0 Å². The van der Waals surface area contributed by atoms with Crippen LogP contribution in [0.5, 0.6) is 0 Å². The Bertz CT molecular complexity index is 853. The van der Waals surface area contributed by atoms with Crippen molar-refractivity contribution in [3.8, 4) is 0 Å². The topological polar surface area (TPSA) is 66.7 Å². The van der Waals surface area contributed by atoms with E-state index in [9.17, 15) is 0 Å². The summed E-state index contributed by atoms with van der Waals surface area (Å²) in [6.07, 6.45) is 0. The first kappa shape index (κ1) is 22.3. The number of benzene rings is 1. The molecule has 3 rings (SSSR count). The molecule has 0 saturated carbocycles. The normalized spacial score (nSPS) is 16.5. The molecule has 7 nitrogen and oxygen atoms in total. The van der Waals surface area contributed by atoms with Crippen LogP contribution in [0.15, 0.2) is 29.3 Å². The van der Waals surface area contributed by atoms with Crippen LogP contribution in [0.25, 0.3) is 0 Å². The van der Waals surface area contributed by atoms with Crippen molar-refractivity contribution < 1.29 is 4.74 Å². The third-order valence-electron chi connectivity index (χ3n) is 5.77. The minimum atomic E-state index is 0.277. The fraction of sp³-hybridized carbons (Fsp3) is 0.565. The molecule has 1 atom stereocenters. The molecule has 0 amide bonds. The first-order valence-electron chi connectivity index (χ1n) is 10.9. The van der Waals surface area contributed by atoms with Gasteiger partial charge in [0.15, 0.2) is 5.96 Å². The molecule has 2 aromatic rings. The first-order chi connectivity index (χ1) is 14.5. The summed E-state index contributed by atoms with van der Waals surface area (Å²) in [6.45, 7) is 14.1. The molecule has 164 valence electrons. The van der Waals surface area contributed by atoms with E-state index >= 15 is 0 Å². The van der Waals surface area contributed by atoms with Gasteiger partial charge in [0.2, 0.25) is 0 Å². The van der Waals surface area contributed by atoms with Crippen molar-refractivity contribution in [3.05, 3.63) is 52.3 Å². The molecule has 1 unspecified atom stereocenters. The molecule has 1 aromatic heterocycles. The minimum Gasteiger partial charge on any atom is -0.379 e.